The van der Waals surface area contributed by atoms with Crippen LogP contribution in [0.3, 0.4) is 0 Å². The number of nitrogens with one attached hydrogen (secondary N) is 1. The van der Waals surface area contributed by atoms with Crippen molar-refractivity contribution in [3.8, 4) is 0 Å². The molecule has 1 unspecified atom stereocenters. The van der Waals surface area contributed by atoms with Gasteiger partial charge in [0.2, 0.25) is 11.8 Å². The van der Waals surface area contributed by atoms with Gasteiger partial charge in [-0.25, -0.2) is 0 Å². The molecular formula is C12H19N3O3. The Morgan fingerprint density at radius 2 is 2.06 bits per heavy atom. The summed E-state index contributed by atoms with van der Waals surface area (Å²) in [6, 6.07) is -0.708. The summed E-state index contributed by atoms with van der Waals surface area (Å²) in [5, 5.41) is 2.61. The molecule has 1 heterocycles. The molecule has 1 aliphatic carbocycles. The minimum Gasteiger partial charge on any atom is -0.344 e. The first-order chi connectivity index (χ1) is 8.41. The Bertz CT molecular complexity index is 388. The molecule has 0 aromatic carbocycles. The summed E-state index contributed by atoms with van der Waals surface area (Å²) in [5.41, 5.74) is 5.67. The number of likely N-dealkylation sites (N-methyl/N-ethyl adjacent to an activating group) is 1. The van der Waals surface area contributed by atoms with Gasteiger partial charge in [0.15, 0.2) is 0 Å². The zero-order valence-corrected chi connectivity index (χ0v) is 10.6. The number of nitrogens with two attached hydrogens (primary N) is 1. The van der Waals surface area contributed by atoms with Crippen LogP contribution in [0.15, 0.2) is 0 Å². The number of imide groups is 1. The lowest BCUT2D eigenvalue weighted by molar-refractivity contribution is -0.138. The van der Waals surface area contributed by atoms with Crippen LogP contribution in [0.5, 0.6) is 0 Å². The van der Waals surface area contributed by atoms with E-state index in [1.165, 1.54) is 7.05 Å². The van der Waals surface area contributed by atoms with E-state index in [0.29, 0.717) is 0 Å². The minimum atomic E-state index is -0.708. The Hall–Kier alpha value is -1.43. The van der Waals surface area contributed by atoms with Crippen molar-refractivity contribution in [3.05, 3.63) is 0 Å². The third-order valence-electron chi connectivity index (χ3n) is 3.83. The highest BCUT2D eigenvalue weighted by Crippen LogP contribution is 2.30. The second-order valence-electron chi connectivity index (χ2n) is 5.36. The highest BCUT2D eigenvalue weighted by molar-refractivity contribution is 6.06. The average molecular weight is 253 g/mol. The average Bonchev–Trinajstić information content (AvgIpc) is 2.80. The third-order valence-corrected chi connectivity index (χ3v) is 3.83. The number of hydrogen-bond acceptors (Lipinski definition) is 4. The molecule has 1 atom stereocenters. The summed E-state index contributed by atoms with van der Waals surface area (Å²) >= 11 is 0. The maximum Gasteiger partial charge on any atom is 0.252 e. The number of rotatable bonds is 3. The van der Waals surface area contributed by atoms with E-state index in [0.717, 1.165) is 30.6 Å². The van der Waals surface area contributed by atoms with E-state index in [1.54, 1.807) is 0 Å². The molecule has 6 nitrogen and oxygen atoms in total. The maximum absolute atomic E-state index is 11.8. The summed E-state index contributed by atoms with van der Waals surface area (Å²) in [6.45, 7) is 0. The Balaban J connectivity index is 1.88. The van der Waals surface area contributed by atoms with Crippen LogP contribution in [0.2, 0.25) is 0 Å². The molecule has 18 heavy (non-hydrogen) atoms. The van der Waals surface area contributed by atoms with Gasteiger partial charge in [-0.2, -0.15) is 0 Å². The maximum atomic E-state index is 11.8. The monoisotopic (exact) mass is 253 g/mol. The van der Waals surface area contributed by atoms with Crippen molar-refractivity contribution < 1.29 is 14.4 Å². The van der Waals surface area contributed by atoms with Crippen LogP contribution in [-0.4, -0.2) is 41.2 Å². The van der Waals surface area contributed by atoms with Crippen LogP contribution in [0.1, 0.15) is 38.5 Å². The molecule has 0 aromatic rings. The summed E-state index contributed by atoms with van der Waals surface area (Å²) < 4.78 is 0. The molecule has 1 aliphatic heterocycles. The van der Waals surface area contributed by atoms with E-state index >= 15 is 0 Å². The van der Waals surface area contributed by atoms with Crippen LogP contribution in [0.4, 0.5) is 0 Å². The lowest BCUT2D eigenvalue weighted by Gasteiger charge is -2.23. The van der Waals surface area contributed by atoms with E-state index in [1.807, 2.05) is 0 Å². The van der Waals surface area contributed by atoms with Crippen molar-refractivity contribution in [2.45, 2.75) is 50.1 Å². The van der Waals surface area contributed by atoms with E-state index in [2.05, 4.69) is 5.32 Å². The van der Waals surface area contributed by atoms with Gasteiger partial charge in [-0.05, 0) is 12.8 Å². The molecule has 0 spiro atoms. The molecule has 0 radical (unpaired) electrons. The molecular weight excluding hydrogens is 234 g/mol. The lowest BCUT2D eigenvalue weighted by Crippen LogP contribution is -2.46. The summed E-state index contributed by atoms with van der Waals surface area (Å²) in [5.74, 6) is -0.833. The number of hydrogen-bond donors (Lipinski definition) is 2. The fourth-order valence-electron chi connectivity index (χ4n) is 2.69. The van der Waals surface area contributed by atoms with Gasteiger partial charge in [0.25, 0.3) is 5.91 Å². The molecule has 3 amide bonds. The molecule has 0 bridgehead atoms. The summed E-state index contributed by atoms with van der Waals surface area (Å²) in [6.07, 6.45) is 4.07. The summed E-state index contributed by atoms with van der Waals surface area (Å²) in [7, 11) is 1.43. The van der Waals surface area contributed by atoms with Crippen molar-refractivity contribution in [3.63, 3.8) is 0 Å². The second-order valence-corrected chi connectivity index (χ2v) is 5.36. The molecule has 0 aromatic heterocycles. The van der Waals surface area contributed by atoms with Gasteiger partial charge in [0.1, 0.15) is 6.04 Å². The first kappa shape index (κ1) is 13.0. The normalized spacial score (nSPS) is 26.8. The van der Waals surface area contributed by atoms with E-state index in [9.17, 15) is 14.4 Å². The van der Waals surface area contributed by atoms with Gasteiger partial charge in [-0.1, -0.05) is 12.8 Å². The van der Waals surface area contributed by atoms with E-state index in [4.69, 9.17) is 5.73 Å². The quantitative estimate of drug-likeness (QED) is 0.664. The van der Waals surface area contributed by atoms with Gasteiger partial charge >= 0.3 is 0 Å². The molecule has 3 N–H and O–H groups in total. The van der Waals surface area contributed by atoms with Gasteiger partial charge in [-0.3, -0.25) is 19.3 Å². The van der Waals surface area contributed by atoms with Crippen molar-refractivity contribution in [1.29, 1.82) is 0 Å². The Labute approximate surface area is 106 Å². The predicted octanol–water partition coefficient (Wildman–Crippen LogP) is -0.478. The molecule has 2 aliphatic rings. The number of likely N-dealkylation sites (tertiary alicyclic amines) is 1. The molecule has 1 saturated carbocycles. The minimum absolute atomic E-state index is 0.0542. The predicted molar refractivity (Wildman–Crippen MR) is 64.3 cm³/mol. The topological polar surface area (TPSA) is 92.5 Å². The zero-order valence-electron chi connectivity index (χ0n) is 10.6. The number of amides is 3. The first-order valence-corrected chi connectivity index (χ1v) is 6.30. The van der Waals surface area contributed by atoms with Crippen molar-refractivity contribution in [1.82, 2.24) is 10.2 Å². The van der Waals surface area contributed by atoms with Gasteiger partial charge < -0.3 is 11.1 Å². The van der Waals surface area contributed by atoms with Crippen LogP contribution in [0, 0.1) is 0 Å². The fraction of sp³-hybridized carbons (Fsp3) is 0.750. The largest absolute Gasteiger partial charge is 0.344 e. The molecule has 1 saturated heterocycles. The second kappa shape index (κ2) is 4.68. The van der Waals surface area contributed by atoms with E-state index < -0.39 is 11.6 Å². The smallest absolute Gasteiger partial charge is 0.252 e. The molecule has 2 rings (SSSR count). The molecule has 100 valence electrons. The number of carbonyl (C=O) groups excluding carboxylic acids is 3. The highest BCUT2D eigenvalue weighted by Gasteiger charge is 2.38. The van der Waals surface area contributed by atoms with Gasteiger partial charge in [0, 0.05) is 19.0 Å². The van der Waals surface area contributed by atoms with Crippen LogP contribution < -0.4 is 11.1 Å². The first-order valence-electron chi connectivity index (χ1n) is 6.30. The van der Waals surface area contributed by atoms with E-state index in [-0.39, 0.29) is 30.6 Å². The highest BCUT2D eigenvalue weighted by atomic mass is 16.2. The van der Waals surface area contributed by atoms with Crippen molar-refractivity contribution in [2.75, 3.05) is 7.05 Å². The van der Waals surface area contributed by atoms with Crippen LogP contribution in [-0.2, 0) is 14.4 Å². The Morgan fingerprint density at radius 3 is 2.56 bits per heavy atom. The van der Waals surface area contributed by atoms with Gasteiger partial charge in [0.05, 0.1) is 6.42 Å². The van der Waals surface area contributed by atoms with Gasteiger partial charge in [-0.15, -0.1) is 0 Å². The summed E-state index contributed by atoms with van der Waals surface area (Å²) in [4.78, 5) is 35.8. The fourth-order valence-corrected chi connectivity index (χ4v) is 2.69. The van der Waals surface area contributed by atoms with Crippen molar-refractivity contribution >= 4 is 17.7 Å². The molecule has 6 heteroatoms. The standard InChI is InChI=1S/C12H19N3O3/c1-15-10(17)6-8(11(15)18)14-9(16)7-12(13)4-2-3-5-12/h8H,2-7,13H2,1H3,(H,14,16). The number of carbonyl (C=O) groups is 3. The molecule has 2 fully saturated rings. The van der Waals surface area contributed by atoms with Crippen molar-refractivity contribution in [2.24, 2.45) is 5.73 Å². The SMILES string of the molecule is CN1C(=O)CC(NC(=O)CC2(N)CCCC2)C1=O. The Kier molecular flexibility index (Phi) is 3.38. The Morgan fingerprint density at radius 1 is 1.44 bits per heavy atom. The van der Waals surface area contributed by atoms with Crippen LogP contribution in [0.25, 0.3) is 0 Å². The zero-order chi connectivity index (χ0) is 13.3. The number of nitrogens with zero attached hydrogens (tertiary/aromatic N) is 1. The van der Waals surface area contributed by atoms with Crippen LogP contribution >= 0.6 is 0 Å². The third kappa shape index (κ3) is 2.53. The lowest BCUT2D eigenvalue weighted by atomic mass is 9.94.